The molecule has 0 aliphatic carbocycles. The number of rotatable bonds is 4. The third-order valence-electron chi connectivity index (χ3n) is 3.86. The van der Waals surface area contributed by atoms with E-state index in [1.165, 1.54) is 11.6 Å². The second-order valence-corrected chi connectivity index (χ2v) is 5.46. The normalized spacial score (nSPS) is 14.0. The molecule has 1 aliphatic rings. The van der Waals surface area contributed by atoms with Crippen molar-refractivity contribution in [3.63, 3.8) is 0 Å². The Kier molecular flexibility index (Phi) is 4.25. The van der Waals surface area contributed by atoms with E-state index in [-0.39, 0.29) is 5.82 Å². The molecule has 0 bridgehead atoms. The lowest BCUT2D eigenvalue weighted by Gasteiger charge is -2.20. The van der Waals surface area contributed by atoms with E-state index in [4.69, 9.17) is 4.98 Å². The smallest absolute Gasteiger partial charge is 0.133 e. The molecule has 0 radical (unpaired) electrons. The van der Waals surface area contributed by atoms with E-state index < -0.39 is 0 Å². The maximum atomic E-state index is 13.8. The van der Waals surface area contributed by atoms with Crippen LogP contribution in [0.1, 0.15) is 41.7 Å². The molecule has 110 valence electrons. The van der Waals surface area contributed by atoms with E-state index >= 15 is 0 Å². The summed E-state index contributed by atoms with van der Waals surface area (Å²) in [4.78, 5) is 9.37. The van der Waals surface area contributed by atoms with Crippen LogP contribution >= 0.6 is 0 Å². The Labute approximate surface area is 124 Å². The fourth-order valence-corrected chi connectivity index (χ4v) is 2.80. The minimum absolute atomic E-state index is 0.183. The number of hydrogen-bond donors (Lipinski definition) is 1. The van der Waals surface area contributed by atoms with E-state index in [1.54, 1.807) is 12.1 Å². The summed E-state index contributed by atoms with van der Waals surface area (Å²) < 4.78 is 13.8. The average Bonchev–Trinajstić information content (AvgIpc) is 2.50. The monoisotopic (exact) mass is 285 g/mol. The molecule has 1 aliphatic heterocycles. The lowest BCUT2D eigenvalue weighted by atomic mass is 10.0. The minimum atomic E-state index is -0.183. The van der Waals surface area contributed by atoms with Crippen LogP contribution in [0.3, 0.4) is 0 Å². The summed E-state index contributed by atoms with van der Waals surface area (Å²) in [6.07, 6.45) is 3.41. The van der Waals surface area contributed by atoms with Crippen molar-refractivity contribution in [2.45, 2.75) is 39.2 Å². The van der Waals surface area contributed by atoms with Gasteiger partial charge in [0.1, 0.15) is 11.6 Å². The maximum absolute atomic E-state index is 13.8. The van der Waals surface area contributed by atoms with Gasteiger partial charge < -0.3 is 5.32 Å². The lowest BCUT2D eigenvalue weighted by Crippen LogP contribution is -2.27. The van der Waals surface area contributed by atoms with Gasteiger partial charge in [0.15, 0.2) is 0 Å². The molecule has 0 saturated carbocycles. The third kappa shape index (κ3) is 3.10. The van der Waals surface area contributed by atoms with Gasteiger partial charge in [0.2, 0.25) is 0 Å². The van der Waals surface area contributed by atoms with Crippen LogP contribution in [0.5, 0.6) is 0 Å². The molecule has 0 atom stereocenters. The van der Waals surface area contributed by atoms with Crippen LogP contribution in [0, 0.1) is 5.82 Å². The van der Waals surface area contributed by atoms with Crippen molar-refractivity contribution in [3.05, 3.63) is 58.4 Å². The van der Waals surface area contributed by atoms with Gasteiger partial charge in [0.05, 0.1) is 5.69 Å². The van der Waals surface area contributed by atoms with Gasteiger partial charge in [0.25, 0.3) is 0 Å². The first-order valence-electron chi connectivity index (χ1n) is 7.59. The van der Waals surface area contributed by atoms with Crippen LogP contribution in [0.15, 0.2) is 24.3 Å². The molecule has 0 amide bonds. The molecule has 1 N–H and O–H groups in total. The summed E-state index contributed by atoms with van der Waals surface area (Å²) in [6.45, 7) is 3.96. The first-order valence-corrected chi connectivity index (χ1v) is 7.59. The Bertz CT molecular complexity index is 640. The zero-order chi connectivity index (χ0) is 14.7. The molecule has 2 aromatic rings. The van der Waals surface area contributed by atoms with Crippen molar-refractivity contribution in [3.8, 4) is 0 Å². The Hall–Kier alpha value is -1.81. The van der Waals surface area contributed by atoms with Gasteiger partial charge in [-0.15, -0.1) is 0 Å². The van der Waals surface area contributed by atoms with Crippen molar-refractivity contribution in [1.29, 1.82) is 0 Å². The van der Waals surface area contributed by atoms with Crippen molar-refractivity contribution < 1.29 is 4.39 Å². The van der Waals surface area contributed by atoms with E-state index in [9.17, 15) is 4.39 Å². The highest BCUT2D eigenvalue weighted by Crippen LogP contribution is 2.19. The summed E-state index contributed by atoms with van der Waals surface area (Å²) in [5.41, 5.74) is 4.17. The van der Waals surface area contributed by atoms with E-state index in [0.717, 1.165) is 49.6 Å². The zero-order valence-corrected chi connectivity index (χ0v) is 12.3. The summed E-state index contributed by atoms with van der Waals surface area (Å²) >= 11 is 0. The van der Waals surface area contributed by atoms with E-state index in [0.29, 0.717) is 12.0 Å². The molecule has 4 heteroatoms. The predicted octanol–water partition coefficient (Wildman–Crippen LogP) is 2.80. The van der Waals surface area contributed by atoms with E-state index in [1.807, 2.05) is 6.07 Å². The summed E-state index contributed by atoms with van der Waals surface area (Å²) in [5.74, 6) is 0.557. The molecule has 0 fully saturated rings. The fourth-order valence-electron chi connectivity index (χ4n) is 2.80. The Morgan fingerprint density at radius 3 is 2.90 bits per heavy atom. The second-order valence-electron chi connectivity index (χ2n) is 5.46. The SMILES string of the molecule is CCCc1nc(Cc2ccccc2F)nc2c1CNCC2. The molecule has 3 rings (SSSR count). The van der Waals surface area contributed by atoms with Crippen molar-refractivity contribution in [2.75, 3.05) is 6.54 Å². The Balaban J connectivity index is 1.95. The molecule has 0 saturated heterocycles. The highest BCUT2D eigenvalue weighted by atomic mass is 19.1. The molecule has 1 aromatic heterocycles. The lowest BCUT2D eigenvalue weighted by molar-refractivity contribution is 0.599. The summed E-state index contributed by atoms with van der Waals surface area (Å²) in [6, 6.07) is 6.86. The topological polar surface area (TPSA) is 37.8 Å². The van der Waals surface area contributed by atoms with Crippen LogP contribution in [0.2, 0.25) is 0 Å². The Morgan fingerprint density at radius 1 is 1.24 bits per heavy atom. The minimum Gasteiger partial charge on any atom is -0.312 e. The van der Waals surface area contributed by atoms with Crippen LogP contribution in [-0.4, -0.2) is 16.5 Å². The summed E-state index contributed by atoms with van der Waals surface area (Å²) in [5, 5.41) is 3.38. The van der Waals surface area contributed by atoms with Gasteiger partial charge in [-0.3, -0.25) is 0 Å². The van der Waals surface area contributed by atoms with Gasteiger partial charge >= 0.3 is 0 Å². The number of aromatic nitrogens is 2. The molecule has 3 nitrogen and oxygen atoms in total. The van der Waals surface area contributed by atoms with E-state index in [2.05, 4.69) is 17.2 Å². The van der Waals surface area contributed by atoms with Crippen LogP contribution < -0.4 is 5.32 Å². The van der Waals surface area contributed by atoms with Crippen molar-refractivity contribution in [2.24, 2.45) is 0 Å². The van der Waals surface area contributed by atoms with Crippen LogP contribution in [0.25, 0.3) is 0 Å². The predicted molar refractivity (Wildman–Crippen MR) is 80.6 cm³/mol. The number of nitrogens with one attached hydrogen (secondary N) is 1. The number of nitrogens with zero attached hydrogens (tertiary/aromatic N) is 2. The van der Waals surface area contributed by atoms with Gasteiger partial charge in [-0.2, -0.15) is 0 Å². The highest BCUT2D eigenvalue weighted by Gasteiger charge is 2.17. The third-order valence-corrected chi connectivity index (χ3v) is 3.86. The number of halogens is 1. The standard InChI is InChI=1S/C17H20FN3/c1-2-5-15-13-11-19-9-8-16(13)21-17(20-15)10-12-6-3-4-7-14(12)18/h3-4,6-7,19H,2,5,8-11H2,1H3. The molecule has 0 unspecified atom stereocenters. The number of hydrogen-bond acceptors (Lipinski definition) is 3. The number of benzene rings is 1. The van der Waals surface area contributed by atoms with Gasteiger partial charge in [-0.25, -0.2) is 14.4 Å². The molecule has 2 heterocycles. The second kappa shape index (κ2) is 6.31. The first kappa shape index (κ1) is 14.1. The molecule has 1 aromatic carbocycles. The first-order chi connectivity index (χ1) is 10.3. The molecular weight excluding hydrogens is 265 g/mol. The maximum Gasteiger partial charge on any atom is 0.133 e. The van der Waals surface area contributed by atoms with Crippen molar-refractivity contribution in [1.82, 2.24) is 15.3 Å². The average molecular weight is 285 g/mol. The van der Waals surface area contributed by atoms with Crippen LogP contribution in [-0.2, 0) is 25.8 Å². The fraction of sp³-hybridized carbons (Fsp3) is 0.412. The molecule has 21 heavy (non-hydrogen) atoms. The number of fused-ring (bicyclic) bond motifs is 1. The number of aryl methyl sites for hydroxylation is 1. The van der Waals surface area contributed by atoms with Crippen LogP contribution in [0.4, 0.5) is 4.39 Å². The highest BCUT2D eigenvalue weighted by molar-refractivity contribution is 5.30. The van der Waals surface area contributed by atoms with Gasteiger partial charge in [-0.05, 0) is 18.1 Å². The van der Waals surface area contributed by atoms with Crippen molar-refractivity contribution >= 4 is 0 Å². The quantitative estimate of drug-likeness (QED) is 0.938. The molecule has 0 spiro atoms. The Morgan fingerprint density at radius 2 is 2.10 bits per heavy atom. The summed E-state index contributed by atoms with van der Waals surface area (Å²) in [7, 11) is 0. The van der Waals surface area contributed by atoms with Gasteiger partial charge in [-0.1, -0.05) is 31.5 Å². The van der Waals surface area contributed by atoms with Gasteiger partial charge in [0, 0.05) is 37.2 Å². The zero-order valence-electron chi connectivity index (χ0n) is 12.3. The largest absolute Gasteiger partial charge is 0.312 e. The molecular formula is C17H20FN3.